The summed E-state index contributed by atoms with van der Waals surface area (Å²) >= 11 is 5.45. The summed E-state index contributed by atoms with van der Waals surface area (Å²) in [4.78, 5) is 61.4. The van der Waals surface area contributed by atoms with E-state index in [2.05, 4.69) is 36.8 Å². The van der Waals surface area contributed by atoms with Crippen LogP contribution in [0.2, 0.25) is 0 Å². The van der Waals surface area contributed by atoms with Crippen molar-refractivity contribution in [3.8, 4) is 0 Å². The Labute approximate surface area is 253 Å². The summed E-state index contributed by atoms with van der Waals surface area (Å²) in [5.74, 6) is -2.11. The molecular weight excluding hydrogens is 574 g/mol. The zero-order valence-electron chi connectivity index (χ0n) is 24.0. The number of halogens is 1. The van der Waals surface area contributed by atoms with E-state index in [9.17, 15) is 19.2 Å². The monoisotopic (exact) mass is 609 g/mol. The maximum atomic E-state index is 13.6. The van der Waals surface area contributed by atoms with Crippen molar-refractivity contribution in [3.63, 3.8) is 0 Å². The van der Waals surface area contributed by atoms with Gasteiger partial charge in [0.25, 0.3) is 0 Å². The molecule has 4 rings (SSSR count). The van der Waals surface area contributed by atoms with Crippen molar-refractivity contribution in [3.05, 3.63) is 59.7 Å². The third-order valence-electron chi connectivity index (χ3n) is 7.22. The molecule has 0 saturated heterocycles. The van der Waals surface area contributed by atoms with Crippen LogP contribution < -0.4 is 26.5 Å². The molecule has 0 radical (unpaired) electrons. The Hall–Kier alpha value is -4.58. The van der Waals surface area contributed by atoms with Gasteiger partial charge in [0.15, 0.2) is 0 Å². The minimum absolute atomic E-state index is 0.0194. The maximum Gasteiger partial charge on any atom is 0.328 e. The van der Waals surface area contributed by atoms with Crippen molar-refractivity contribution in [1.82, 2.24) is 25.8 Å². The molecular formula is C30H36ClN7O5. The first-order chi connectivity index (χ1) is 20.7. The molecule has 0 fully saturated rings. The van der Waals surface area contributed by atoms with Crippen LogP contribution in [0.25, 0.3) is 21.8 Å². The van der Waals surface area contributed by atoms with Crippen LogP contribution in [0.1, 0.15) is 37.3 Å². The zero-order chi connectivity index (χ0) is 30.9. The van der Waals surface area contributed by atoms with Crippen molar-refractivity contribution in [2.75, 3.05) is 13.7 Å². The molecule has 7 N–H and O–H groups in total. The predicted molar refractivity (Wildman–Crippen MR) is 165 cm³/mol. The standard InChI is InChI=1S/C30H36ClN7O5/c1-17(39)34-26-16-19-10-12-23-21(15-19)20-14-18(9-11-22(20)35-23)6-3-4-7-25(29(42)43-2)37-27(40)24(36-28(26)41)8-5-13-33-30(32)38-31/h3-4,9-12,14-15,24-26,35H,5-8,13,16H2,1-2H3,(H,34,39)(H,36,41)(H,37,40)(H3,32,33,38)/t24-,25-,26?/m0/s1. The van der Waals surface area contributed by atoms with E-state index in [4.69, 9.17) is 22.2 Å². The first-order valence-electron chi connectivity index (χ1n) is 14.0. The molecule has 1 unspecified atom stereocenters. The van der Waals surface area contributed by atoms with Crippen LogP contribution in [-0.2, 0) is 36.8 Å². The number of aromatic nitrogens is 1. The Morgan fingerprint density at radius 2 is 1.74 bits per heavy atom. The van der Waals surface area contributed by atoms with Gasteiger partial charge in [0.05, 0.1) is 7.11 Å². The Kier molecular flexibility index (Phi) is 10.6. The van der Waals surface area contributed by atoms with E-state index < -0.39 is 41.8 Å². The van der Waals surface area contributed by atoms with Gasteiger partial charge in [-0.05, 0) is 61.1 Å². The van der Waals surface area contributed by atoms with Crippen molar-refractivity contribution < 1.29 is 23.9 Å². The Bertz CT molecular complexity index is 1570. The molecule has 2 aromatic carbocycles. The average Bonchev–Trinajstić information content (AvgIpc) is 3.35. The van der Waals surface area contributed by atoms with Crippen molar-refractivity contribution in [1.29, 1.82) is 0 Å². The van der Waals surface area contributed by atoms with Gasteiger partial charge in [0.2, 0.25) is 23.7 Å². The molecule has 0 aliphatic carbocycles. The van der Waals surface area contributed by atoms with Gasteiger partial charge in [-0.2, -0.15) is 0 Å². The van der Waals surface area contributed by atoms with Crippen LogP contribution >= 0.6 is 11.8 Å². The summed E-state index contributed by atoms with van der Waals surface area (Å²) in [7, 11) is 1.25. The van der Waals surface area contributed by atoms with Gasteiger partial charge < -0.3 is 31.4 Å². The second-order valence-electron chi connectivity index (χ2n) is 10.4. The molecule has 3 aromatic rings. The fourth-order valence-electron chi connectivity index (χ4n) is 5.08. The van der Waals surface area contributed by atoms with E-state index in [1.54, 1.807) is 0 Å². The fraction of sp³-hybridized carbons (Fsp3) is 0.367. The number of carbonyl (C=O) groups is 4. The van der Waals surface area contributed by atoms with Gasteiger partial charge in [-0.1, -0.05) is 24.3 Å². The summed E-state index contributed by atoms with van der Waals surface area (Å²) in [6, 6.07) is 9.06. The predicted octanol–water partition coefficient (Wildman–Crippen LogP) is 1.85. The molecule has 2 heterocycles. The molecule has 12 nitrogen and oxygen atoms in total. The number of allylic oxidation sites excluding steroid dienone is 1. The lowest BCUT2D eigenvalue weighted by atomic mass is 10.0. The normalized spacial score (nSPS) is 20.1. The molecule has 1 aliphatic rings. The Balaban J connectivity index is 1.71. The van der Waals surface area contributed by atoms with E-state index >= 15 is 0 Å². The van der Waals surface area contributed by atoms with Crippen LogP contribution in [0.3, 0.4) is 0 Å². The maximum absolute atomic E-state index is 13.6. The molecule has 0 spiro atoms. The second kappa shape index (κ2) is 14.5. The number of aliphatic imine (C=N–C) groups is 1. The number of hydrogen-bond donors (Lipinski definition) is 6. The summed E-state index contributed by atoms with van der Waals surface area (Å²) in [6.45, 7) is 1.56. The molecule has 3 amide bonds. The molecule has 13 heteroatoms. The highest BCUT2D eigenvalue weighted by Gasteiger charge is 2.29. The molecule has 0 saturated carbocycles. The van der Waals surface area contributed by atoms with E-state index in [0.717, 1.165) is 32.9 Å². The van der Waals surface area contributed by atoms with E-state index in [0.29, 0.717) is 12.8 Å². The van der Waals surface area contributed by atoms with Crippen LogP contribution in [0.15, 0.2) is 53.5 Å². The van der Waals surface area contributed by atoms with Gasteiger partial charge in [-0.3, -0.25) is 24.2 Å². The third-order valence-corrected chi connectivity index (χ3v) is 7.41. The van der Waals surface area contributed by atoms with Crippen molar-refractivity contribution in [2.45, 2.75) is 57.2 Å². The van der Waals surface area contributed by atoms with Gasteiger partial charge in [0, 0.05) is 53.5 Å². The molecule has 3 atom stereocenters. The van der Waals surface area contributed by atoms with E-state index in [-0.39, 0.29) is 31.8 Å². The quantitative estimate of drug-likeness (QED) is 0.0616. The number of aromatic amines is 1. The first-order valence-corrected chi connectivity index (χ1v) is 14.4. The fourth-order valence-corrected chi connectivity index (χ4v) is 5.14. The van der Waals surface area contributed by atoms with Gasteiger partial charge in [-0.15, -0.1) is 0 Å². The van der Waals surface area contributed by atoms with Gasteiger partial charge >= 0.3 is 5.97 Å². The number of guanidine groups is 1. The van der Waals surface area contributed by atoms with E-state index in [1.165, 1.54) is 14.0 Å². The lowest BCUT2D eigenvalue weighted by Gasteiger charge is -2.24. The van der Waals surface area contributed by atoms with Gasteiger partial charge in [-0.25, -0.2) is 4.79 Å². The van der Waals surface area contributed by atoms with Crippen molar-refractivity contribution in [2.24, 2.45) is 10.7 Å². The Morgan fingerprint density at radius 1 is 1.05 bits per heavy atom. The number of fused-ring (bicyclic) bond motifs is 2. The summed E-state index contributed by atoms with van der Waals surface area (Å²) in [5.41, 5.74) is 9.41. The topological polar surface area (TPSA) is 180 Å². The number of nitrogens with one attached hydrogen (secondary N) is 5. The number of nitrogens with two attached hydrogens (primary N) is 1. The number of rotatable bonds is 6. The summed E-state index contributed by atoms with van der Waals surface area (Å²) < 4.78 is 4.93. The number of ether oxygens (including phenoxy) is 1. The number of nitrogens with zero attached hydrogens (tertiary/aromatic N) is 1. The number of methoxy groups -OCH3 is 1. The van der Waals surface area contributed by atoms with Crippen molar-refractivity contribution >= 4 is 63.2 Å². The third kappa shape index (κ3) is 8.25. The number of amides is 3. The minimum atomic E-state index is -1.04. The Morgan fingerprint density at radius 3 is 2.42 bits per heavy atom. The lowest BCUT2D eigenvalue weighted by Crippen LogP contribution is -2.56. The zero-order valence-corrected chi connectivity index (χ0v) is 24.8. The lowest BCUT2D eigenvalue weighted by molar-refractivity contribution is -0.145. The summed E-state index contributed by atoms with van der Waals surface area (Å²) in [5, 5.41) is 10.2. The molecule has 43 heavy (non-hydrogen) atoms. The highest BCUT2D eigenvalue weighted by Crippen LogP contribution is 2.28. The minimum Gasteiger partial charge on any atom is -0.467 e. The number of benzene rings is 2. The molecule has 228 valence electrons. The number of carbonyl (C=O) groups excluding carboxylic acids is 4. The average molecular weight is 610 g/mol. The highest BCUT2D eigenvalue weighted by atomic mass is 35.5. The van der Waals surface area contributed by atoms with Crippen LogP contribution in [0.5, 0.6) is 0 Å². The van der Waals surface area contributed by atoms with Gasteiger partial charge in [0.1, 0.15) is 18.1 Å². The first kappa shape index (κ1) is 31.4. The number of esters is 1. The molecule has 4 bridgehead atoms. The smallest absolute Gasteiger partial charge is 0.328 e. The van der Waals surface area contributed by atoms with Crippen LogP contribution in [0.4, 0.5) is 0 Å². The van der Waals surface area contributed by atoms with Crippen LogP contribution in [-0.4, -0.2) is 66.4 Å². The van der Waals surface area contributed by atoms with E-state index in [1.807, 2.05) is 42.5 Å². The molecule has 1 aliphatic heterocycles. The highest BCUT2D eigenvalue weighted by molar-refractivity contribution is 6.21. The SMILES string of the molecule is COC(=O)[C@@H]1CC=CCc2ccc3[nH]c4ccc(cc4c3c2)CC(NC(C)=O)C(=O)N[C@@H](CCCN=C(N)NCl)C(=O)N1. The number of H-pyrrole nitrogens is 1. The number of hydrogen-bond acceptors (Lipinski definition) is 6. The summed E-state index contributed by atoms with van der Waals surface area (Å²) in [6.07, 6.45) is 5.30. The van der Waals surface area contributed by atoms with Crippen LogP contribution in [0, 0.1) is 0 Å². The largest absolute Gasteiger partial charge is 0.467 e. The molecule has 1 aromatic heterocycles. The second-order valence-corrected chi connectivity index (χ2v) is 10.6.